The fourth-order valence-electron chi connectivity index (χ4n) is 2.69. The van der Waals surface area contributed by atoms with Crippen LogP contribution in [0.5, 0.6) is 5.75 Å². The van der Waals surface area contributed by atoms with Crippen LogP contribution >= 0.6 is 11.6 Å². The molecule has 0 aliphatic heterocycles. The third-order valence-electron chi connectivity index (χ3n) is 4.13. The van der Waals surface area contributed by atoms with E-state index in [4.69, 9.17) is 20.8 Å². The number of benzene rings is 1. The lowest BCUT2D eigenvalue weighted by molar-refractivity contribution is -0.00613. The van der Waals surface area contributed by atoms with Crippen molar-refractivity contribution in [2.24, 2.45) is 5.92 Å². The van der Waals surface area contributed by atoms with Crippen LogP contribution in [-0.4, -0.2) is 24.7 Å². The second-order valence-corrected chi connectivity index (χ2v) is 6.14. The van der Waals surface area contributed by atoms with E-state index >= 15 is 0 Å². The number of amides is 1. The Morgan fingerprint density at radius 2 is 2.26 bits per heavy atom. The van der Waals surface area contributed by atoms with E-state index in [0.717, 1.165) is 12.8 Å². The Labute approximate surface area is 139 Å². The number of carbonyl (C=O) groups excluding carboxylic acids is 1. The number of furan rings is 1. The first-order chi connectivity index (χ1) is 11.0. The maximum atomic E-state index is 12.4. The minimum absolute atomic E-state index is 0.0691. The summed E-state index contributed by atoms with van der Waals surface area (Å²) in [6, 6.07) is 8.28. The highest BCUT2D eigenvalue weighted by Gasteiger charge is 2.47. The Hall–Kier alpha value is -1.98. The Bertz CT molecular complexity index is 697. The van der Waals surface area contributed by atoms with Gasteiger partial charge in [-0.3, -0.25) is 4.79 Å². The maximum Gasteiger partial charge on any atom is 0.255 e. The molecule has 0 saturated heterocycles. The molecule has 122 valence electrons. The van der Waals surface area contributed by atoms with Crippen LogP contribution in [0.15, 0.2) is 41.0 Å². The Kier molecular flexibility index (Phi) is 4.33. The second kappa shape index (κ2) is 6.26. The lowest BCUT2D eigenvalue weighted by Crippen LogP contribution is -2.42. The van der Waals surface area contributed by atoms with E-state index in [1.165, 1.54) is 13.4 Å². The van der Waals surface area contributed by atoms with Gasteiger partial charge >= 0.3 is 0 Å². The number of halogens is 1. The molecule has 6 heteroatoms. The standard InChI is InChI=1S/C17H18ClNO4/c1-22-14-7-6-12(18)9-13(14)16(20)19-10-17(21,11-4-5-11)15-3-2-8-23-15/h2-3,6-9,11,21H,4-5,10H2,1H3,(H,19,20)/t17-/m1/s1. The second-order valence-electron chi connectivity index (χ2n) is 5.70. The van der Waals surface area contributed by atoms with Crippen molar-refractivity contribution in [2.75, 3.05) is 13.7 Å². The van der Waals surface area contributed by atoms with Gasteiger partial charge < -0.3 is 19.6 Å². The van der Waals surface area contributed by atoms with Crippen LogP contribution in [0.1, 0.15) is 29.0 Å². The van der Waals surface area contributed by atoms with Gasteiger partial charge in [0.05, 0.1) is 25.5 Å². The minimum Gasteiger partial charge on any atom is -0.496 e. The number of aliphatic hydroxyl groups is 1. The van der Waals surface area contributed by atoms with E-state index in [0.29, 0.717) is 22.1 Å². The molecule has 1 amide bonds. The van der Waals surface area contributed by atoms with Crippen molar-refractivity contribution in [3.63, 3.8) is 0 Å². The van der Waals surface area contributed by atoms with E-state index in [1.54, 1.807) is 30.3 Å². The summed E-state index contributed by atoms with van der Waals surface area (Å²) in [5.41, 5.74) is -0.858. The molecule has 1 fully saturated rings. The first kappa shape index (κ1) is 15.9. The monoisotopic (exact) mass is 335 g/mol. The molecule has 1 aromatic carbocycles. The summed E-state index contributed by atoms with van der Waals surface area (Å²) in [4.78, 5) is 12.4. The summed E-state index contributed by atoms with van der Waals surface area (Å²) in [5, 5.41) is 14.1. The number of carbonyl (C=O) groups is 1. The van der Waals surface area contributed by atoms with Gasteiger partial charge in [-0.15, -0.1) is 0 Å². The normalized spacial score (nSPS) is 16.7. The average Bonchev–Trinajstić information content (AvgIpc) is 3.27. The predicted molar refractivity (Wildman–Crippen MR) is 85.7 cm³/mol. The molecule has 0 bridgehead atoms. The van der Waals surface area contributed by atoms with Gasteiger partial charge in [0.2, 0.25) is 0 Å². The third-order valence-corrected chi connectivity index (χ3v) is 4.36. The molecule has 2 N–H and O–H groups in total. The lowest BCUT2D eigenvalue weighted by Gasteiger charge is -2.26. The van der Waals surface area contributed by atoms with E-state index in [2.05, 4.69) is 5.32 Å². The van der Waals surface area contributed by atoms with E-state index in [1.807, 2.05) is 0 Å². The van der Waals surface area contributed by atoms with Crippen molar-refractivity contribution in [1.82, 2.24) is 5.32 Å². The minimum atomic E-state index is -1.19. The summed E-state index contributed by atoms with van der Waals surface area (Å²) < 4.78 is 10.5. The zero-order valence-corrected chi connectivity index (χ0v) is 13.5. The largest absolute Gasteiger partial charge is 0.496 e. The maximum absolute atomic E-state index is 12.4. The van der Waals surface area contributed by atoms with Crippen molar-refractivity contribution in [2.45, 2.75) is 18.4 Å². The number of nitrogens with one attached hydrogen (secondary N) is 1. The summed E-state index contributed by atoms with van der Waals surface area (Å²) >= 11 is 5.95. The fraction of sp³-hybridized carbons (Fsp3) is 0.353. The van der Waals surface area contributed by atoms with E-state index in [9.17, 15) is 9.90 Å². The van der Waals surface area contributed by atoms with Crippen molar-refractivity contribution in [3.8, 4) is 5.75 Å². The molecule has 1 saturated carbocycles. The molecule has 0 unspecified atom stereocenters. The SMILES string of the molecule is COc1ccc(Cl)cc1C(=O)NC[C@](O)(c1ccco1)C1CC1. The molecule has 0 spiro atoms. The summed E-state index contributed by atoms with van der Waals surface area (Å²) in [6.07, 6.45) is 3.34. The van der Waals surface area contributed by atoms with Crippen molar-refractivity contribution < 1.29 is 19.1 Å². The van der Waals surface area contributed by atoms with Gasteiger partial charge in [-0.2, -0.15) is 0 Å². The van der Waals surface area contributed by atoms with Crippen molar-refractivity contribution in [1.29, 1.82) is 0 Å². The molecule has 23 heavy (non-hydrogen) atoms. The highest BCUT2D eigenvalue weighted by Crippen LogP contribution is 2.45. The molecule has 1 aliphatic carbocycles. The molecule has 3 rings (SSSR count). The van der Waals surface area contributed by atoms with Gasteiger partial charge in [-0.1, -0.05) is 11.6 Å². The smallest absolute Gasteiger partial charge is 0.255 e. The van der Waals surface area contributed by atoms with Crippen LogP contribution in [-0.2, 0) is 5.60 Å². The molecule has 0 radical (unpaired) electrons. The van der Waals surface area contributed by atoms with Crippen LogP contribution in [0.2, 0.25) is 5.02 Å². The van der Waals surface area contributed by atoms with Gasteiger partial charge in [-0.25, -0.2) is 0 Å². The molecule has 1 aliphatic rings. The number of hydrogen-bond acceptors (Lipinski definition) is 4. The average molecular weight is 336 g/mol. The van der Waals surface area contributed by atoms with Crippen molar-refractivity contribution >= 4 is 17.5 Å². The first-order valence-electron chi connectivity index (χ1n) is 7.42. The summed E-state index contributed by atoms with van der Waals surface area (Å²) in [5.74, 6) is 0.642. The number of hydrogen-bond donors (Lipinski definition) is 2. The Morgan fingerprint density at radius 1 is 1.48 bits per heavy atom. The lowest BCUT2D eigenvalue weighted by atomic mass is 9.94. The Balaban J connectivity index is 1.77. The van der Waals surface area contributed by atoms with Gasteiger partial charge in [0.15, 0.2) is 0 Å². The first-order valence-corrected chi connectivity index (χ1v) is 7.80. The van der Waals surface area contributed by atoms with Crippen LogP contribution < -0.4 is 10.1 Å². The highest BCUT2D eigenvalue weighted by atomic mass is 35.5. The van der Waals surface area contributed by atoms with Gasteiger partial charge in [0.1, 0.15) is 17.1 Å². The molecular weight excluding hydrogens is 318 g/mol. The zero-order valence-electron chi connectivity index (χ0n) is 12.7. The number of methoxy groups -OCH3 is 1. The van der Waals surface area contributed by atoms with Crippen LogP contribution in [0, 0.1) is 5.92 Å². The van der Waals surface area contributed by atoms with Crippen molar-refractivity contribution in [3.05, 3.63) is 52.9 Å². The summed E-state index contributed by atoms with van der Waals surface area (Å²) in [6.45, 7) is 0.0691. The molecular formula is C17H18ClNO4. The van der Waals surface area contributed by atoms with Gasteiger partial charge in [-0.05, 0) is 49.1 Å². The topological polar surface area (TPSA) is 71.7 Å². The predicted octanol–water partition coefficient (Wildman–Crippen LogP) is 2.97. The molecule has 5 nitrogen and oxygen atoms in total. The molecule has 2 aromatic rings. The van der Waals surface area contributed by atoms with Crippen LogP contribution in [0.3, 0.4) is 0 Å². The van der Waals surface area contributed by atoms with Gasteiger partial charge in [0, 0.05) is 5.02 Å². The van der Waals surface area contributed by atoms with Gasteiger partial charge in [0.25, 0.3) is 5.91 Å². The number of ether oxygens (including phenoxy) is 1. The summed E-state index contributed by atoms with van der Waals surface area (Å²) in [7, 11) is 1.49. The van der Waals surface area contributed by atoms with Crippen LogP contribution in [0.25, 0.3) is 0 Å². The van der Waals surface area contributed by atoms with E-state index < -0.39 is 5.60 Å². The molecule has 1 heterocycles. The quantitative estimate of drug-likeness (QED) is 0.851. The fourth-order valence-corrected chi connectivity index (χ4v) is 2.86. The van der Waals surface area contributed by atoms with E-state index in [-0.39, 0.29) is 18.4 Å². The zero-order chi connectivity index (χ0) is 16.4. The third kappa shape index (κ3) is 3.21. The molecule has 1 aromatic heterocycles. The van der Waals surface area contributed by atoms with Crippen LogP contribution in [0.4, 0.5) is 0 Å². The highest BCUT2D eigenvalue weighted by molar-refractivity contribution is 6.31. The number of rotatable bonds is 6. The Morgan fingerprint density at radius 3 is 2.87 bits per heavy atom. The molecule has 1 atom stereocenters.